The highest BCUT2D eigenvalue weighted by Gasteiger charge is 2.12. The molecule has 1 aromatic carbocycles. The summed E-state index contributed by atoms with van der Waals surface area (Å²) in [6, 6.07) is 3.38. The molecule has 0 aliphatic rings. The summed E-state index contributed by atoms with van der Waals surface area (Å²) in [4.78, 5) is 7.27. The molecule has 0 aliphatic heterocycles. The van der Waals surface area contributed by atoms with Crippen molar-refractivity contribution in [1.82, 2.24) is 9.97 Å². The van der Waals surface area contributed by atoms with E-state index in [1.54, 1.807) is 6.20 Å². The number of halogens is 2. The van der Waals surface area contributed by atoms with Gasteiger partial charge in [0, 0.05) is 24.1 Å². The van der Waals surface area contributed by atoms with Crippen molar-refractivity contribution in [3.05, 3.63) is 41.9 Å². The first-order valence-corrected chi connectivity index (χ1v) is 5.85. The van der Waals surface area contributed by atoms with Crippen LogP contribution in [0.4, 0.5) is 8.78 Å². The molecule has 5 heteroatoms. The van der Waals surface area contributed by atoms with Gasteiger partial charge in [-0.2, -0.15) is 0 Å². The largest absolute Gasteiger partial charge is 0.342 e. The van der Waals surface area contributed by atoms with Gasteiger partial charge in [-0.1, -0.05) is 6.92 Å². The van der Waals surface area contributed by atoms with Crippen LogP contribution < -0.4 is 5.73 Å². The highest BCUT2D eigenvalue weighted by Crippen LogP contribution is 2.22. The predicted molar refractivity (Wildman–Crippen MR) is 66.0 cm³/mol. The monoisotopic (exact) mass is 251 g/mol. The number of benzene rings is 1. The second-order valence-electron chi connectivity index (χ2n) is 4.18. The molecule has 2 aromatic rings. The van der Waals surface area contributed by atoms with Crippen molar-refractivity contribution in [1.29, 1.82) is 0 Å². The van der Waals surface area contributed by atoms with Gasteiger partial charge in [0.2, 0.25) is 0 Å². The highest BCUT2D eigenvalue weighted by atomic mass is 19.1. The summed E-state index contributed by atoms with van der Waals surface area (Å²) in [7, 11) is 0. The predicted octanol–water partition coefficient (Wildman–Crippen LogP) is 2.81. The number of hydrogen-bond acceptors (Lipinski definition) is 2. The van der Waals surface area contributed by atoms with Gasteiger partial charge in [0.05, 0.1) is 11.9 Å². The minimum Gasteiger partial charge on any atom is -0.342 e. The van der Waals surface area contributed by atoms with E-state index in [1.165, 1.54) is 12.1 Å². The number of rotatable bonds is 4. The Morgan fingerprint density at radius 3 is 2.50 bits per heavy atom. The summed E-state index contributed by atoms with van der Waals surface area (Å²) >= 11 is 0. The van der Waals surface area contributed by atoms with Crippen LogP contribution >= 0.6 is 0 Å². The average molecular weight is 251 g/mol. The molecule has 0 radical (unpaired) electrons. The number of nitrogens with zero attached hydrogens (tertiary/aromatic N) is 1. The van der Waals surface area contributed by atoms with Crippen molar-refractivity contribution in [2.45, 2.75) is 19.3 Å². The lowest BCUT2D eigenvalue weighted by Gasteiger charge is -2.07. The van der Waals surface area contributed by atoms with Crippen LogP contribution in [0.2, 0.25) is 0 Å². The molecule has 3 N–H and O–H groups in total. The van der Waals surface area contributed by atoms with Crippen LogP contribution in [0, 0.1) is 11.6 Å². The zero-order chi connectivity index (χ0) is 13.1. The topological polar surface area (TPSA) is 54.7 Å². The minimum absolute atomic E-state index is 0.136. The van der Waals surface area contributed by atoms with Crippen molar-refractivity contribution in [2.24, 2.45) is 5.73 Å². The number of hydrogen-bond donors (Lipinski definition) is 2. The molecule has 0 saturated carbocycles. The van der Waals surface area contributed by atoms with Gasteiger partial charge in [-0.3, -0.25) is 0 Å². The number of nitrogens with two attached hydrogens (primary N) is 1. The Balaban J connectivity index is 2.34. The molecule has 3 nitrogen and oxygen atoms in total. The molecule has 1 aromatic heterocycles. The molecule has 18 heavy (non-hydrogen) atoms. The molecule has 0 fully saturated rings. The molecule has 1 atom stereocenters. The first-order chi connectivity index (χ1) is 8.63. The third-order valence-electron chi connectivity index (χ3n) is 2.93. The van der Waals surface area contributed by atoms with Crippen LogP contribution in [-0.2, 0) is 0 Å². The molecule has 1 heterocycles. The summed E-state index contributed by atoms with van der Waals surface area (Å²) in [5.74, 6) is -0.323. The van der Waals surface area contributed by atoms with E-state index >= 15 is 0 Å². The van der Waals surface area contributed by atoms with Gasteiger partial charge in [-0.05, 0) is 18.6 Å². The summed E-state index contributed by atoms with van der Waals surface area (Å²) in [6.45, 7) is 2.50. The van der Waals surface area contributed by atoms with E-state index in [9.17, 15) is 8.78 Å². The van der Waals surface area contributed by atoms with E-state index in [1.807, 2.05) is 6.92 Å². The number of H-pyrrole nitrogens is 1. The van der Waals surface area contributed by atoms with Gasteiger partial charge in [-0.25, -0.2) is 13.8 Å². The Bertz CT molecular complexity index is 513. The Kier molecular flexibility index (Phi) is 3.72. The summed E-state index contributed by atoms with van der Waals surface area (Å²) in [6.07, 6.45) is 2.43. The maximum Gasteiger partial charge on any atom is 0.126 e. The van der Waals surface area contributed by atoms with Gasteiger partial charge in [-0.15, -0.1) is 0 Å². The zero-order valence-corrected chi connectivity index (χ0v) is 10.1. The van der Waals surface area contributed by atoms with Gasteiger partial charge in [0.25, 0.3) is 0 Å². The van der Waals surface area contributed by atoms with E-state index in [2.05, 4.69) is 9.97 Å². The van der Waals surface area contributed by atoms with Crippen LogP contribution in [0.5, 0.6) is 0 Å². The van der Waals surface area contributed by atoms with Gasteiger partial charge in [0.1, 0.15) is 17.5 Å². The minimum atomic E-state index is -0.605. The van der Waals surface area contributed by atoms with Crippen molar-refractivity contribution < 1.29 is 8.78 Å². The van der Waals surface area contributed by atoms with E-state index in [4.69, 9.17) is 5.73 Å². The van der Waals surface area contributed by atoms with Gasteiger partial charge in [0.15, 0.2) is 0 Å². The lowest BCUT2D eigenvalue weighted by Crippen LogP contribution is -2.12. The fraction of sp³-hybridized carbons (Fsp3) is 0.308. The van der Waals surface area contributed by atoms with E-state index in [-0.39, 0.29) is 5.92 Å². The smallest absolute Gasteiger partial charge is 0.126 e. The number of nitrogens with one attached hydrogen (secondary N) is 1. The third kappa shape index (κ3) is 2.56. The lowest BCUT2D eigenvalue weighted by atomic mass is 10.1. The highest BCUT2D eigenvalue weighted by molar-refractivity contribution is 5.58. The van der Waals surface area contributed by atoms with Crippen LogP contribution in [0.15, 0.2) is 24.4 Å². The Labute approximate surface area is 104 Å². The van der Waals surface area contributed by atoms with Crippen LogP contribution in [0.1, 0.15) is 25.1 Å². The van der Waals surface area contributed by atoms with Crippen LogP contribution in [0.3, 0.4) is 0 Å². The molecule has 2 rings (SSSR count). The SMILES string of the molecule is CCC(CN)c1ncc(-c2cc(F)cc(F)c2)[nH]1. The second-order valence-corrected chi connectivity index (χ2v) is 4.18. The van der Waals surface area contributed by atoms with Gasteiger partial charge >= 0.3 is 0 Å². The summed E-state index contributed by atoms with van der Waals surface area (Å²) < 4.78 is 26.2. The van der Waals surface area contributed by atoms with Crippen molar-refractivity contribution in [3.8, 4) is 11.3 Å². The van der Waals surface area contributed by atoms with Crippen molar-refractivity contribution >= 4 is 0 Å². The third-order valence-corrected chi connectivity index (χ3v) is 2.93. The number of aromatic amines is 1. The summed E-state index contributed by atoms with van der Waals surface area (Å²) in [5.41, 5.74) is 6.67. The fourth-order valence-electron chi connectivity index (χ4n) is 1.87. The zero-order valence-electron chi connectivity index (χ0n) is 10.1. The Hall–Kier alpha value is -1.75. The normalized spacial score (nSPS) is 12.7. The van der Waals surface area contributed by atoms with E-state index in [0.29, 0.717) is 17.8 Å². The molecule has 0 spiro atoms. The maximum absolute atomic E-state index is 13.1. The Morgan fingerprint density at radius 1 is 1.28 bits per heavy atom. The molecule has 1 unspecified atom stereocenters. The first-order valence-electron chi connectivity index (χ1n) is 5.85. The lowest BCUT2D eigenvalue weighted by molar-refractivity contribution is 0.584. The van der Waals surface area contributed by atoms with Crippen LogP contribution in [0.25, 0.3) is 11.3 Å². The fourth-order valence-corrected chi connectivity index (χ4v) is 1.87. The molecular weight excluding hydrogens is 236 g/mol. The average Bonchev–Trinajstić information content (AvgIpc) is 2.79. The first kappa shape index (κ1) is 12.7. The molecule has 96 valence electrons. The Morgan fingerprint density at radius 2 is 1.94 bits per heavy atom. The molecule has 0 aliphatic carbocycles. The quantitative estimate of drug-likeness (QED) is 0.877. The molecular formula is C13H15F2N3. The molecule has 0 amide bonds. The van der Waals surface area contributed by atoms with Crippen molar-refractivity contribution in [3.63, 3.8) is 0 Å². The second kappa shape index (κ2) is 5.27. The number of aromatic nitrogens is 2. The summed E-state index contributed by atoms with van der Waals surface area (Å²) in [5, 5.41) is 0. The van der Waals surface area contributed by atoms with Crippen molar-refractivity contribution in [2.75, 3.05) is 6.54 Å². The maximum atomic E-state index is 13.1. The standard InChI is InChI=1S/C13H15F2N3/c1-2-8(6-16)13-17-7-12(18-13)9-3-10(14)5-11(15)4-9/h3-5,7-8H,2,6,16H2,1H3,(H,17,18). The van der Waals surface area contributed by atoms with Gasteiger partial charge < -0.3 is 10.7 Å². The van der Waals surface area contributed by atoms with E-state index in [0.717, 1.165) is 18.3 Å². The van der Waals surface area contributed by atoms with E-state index < -0.39 is 11.6 Å². The molecule has 0 saturated heterocycles. The van der Waals surface area contributed by atoms with Crippen LogP contribution in [-0.4, -0.2) is 16.5 Å². The molecule has 0 bridgehead atoms. The number of imidazole rings is 1.